The van der Waals surface area contributed by atoms with Crippen LogP contribution < -0.4 is 14.8 Å². The third-order valence-electron chi connectivity index (χ3n) is 2.72. The van der Waals surface area contributed by atoms with Crippen LogP contribution in [0.15, 0.2) is 18.2 Å². The Balaban J connectivity index is 2.87. The second-order valence-electron chi connectivity index (χ2n) is 3.92. The fourth-order valence-corrected chi connectivity index (χ4v) is 1.68. The highest BCUT2D eigenvalue weighted by Crippen LogP contribution is 2.29. The van der Waals surface area contributed by atoms with Gasteiger partial charge in [0.1, 0.15) is 17.5 Å². The van der Waals surface area contributed by atoms with E-state index in [1.54, 1.807) is 27.2 Å². The molecular weight excluding hydrogens is 246 g/mol. The molecule has 0 aliphatic heterocycles. The highest BCUT2D eigenvalue weighted by Gasteiger charge is 2.19. The zero-order valence-corrected chi connectivity index (χ0v) is 11.9. The van der Waals surface area contributed by atoms with Crippen LogP contribution in [-0.4, -0.2) is 32.8 Å². The molecule has 0 fully saturated rings. The summed E-state index contributed by atoms with van der Waals surface area (Å²) in [4.78, 5) is 11.8. The number of benzene rings is 1. The Hall–Kier alpha value is -1.91. The number of carbonyl (C=O) groups excluding carboxylic acids is 1. The molecule has 0 aliphatic carbocycles. The number of anilines is 1. The molecular formula is C14H21NO4. The molecule has 0 saturated carbocycles. The Labute approximate surface area is 113 Å². The van der Waals surface area contributed by atoms with Crippen molar-refractivity contribution in [3.05, 3.63) is 18.2 Å². The largest absolute Gasteiger partial charge is 0.497 e. The first kappa shape index (κ1) is 15.1. The lowest BCUT2D eigenvalue weighted by Gasteiger charge is -2.19. The van der Waals surface area contributed by atoms with Gasteiger partial charge in [-0.2, -0.15) is 0 Å². The van der Waals surface area contributed by atoms with Gasteiger partial charge in [-0.1, -0.05) is 6.92 Å². The van der Waals surface area contributed by atoms with Crippen LogP contribution in [0.25, 0.3) is 0 Å². The van der Waals surface area contributed by atoms with E-state index in [-0.39, 0.29) is 12.0 Å². The van der Waals surface area contributed by atoms with E-state index in [0.717, 1.165) is 5.69 Å². The minimum atomic E-state index is -0.387. The van der Waals surface area contributed by atoms with Crippen molar-refractivity contribution in [1.29, 1.82) is 0 Å². The Bertz CT molecular complexity index is 420. The summed E-state index contributed by atoms with van der Waals surface area (Å²) in [6, 6.07) is 5.00. The van der Waals surface area contributed by atoms with Gasteiger partial charge in [0.15, 0.2) is 0 Å². The summed E-state index contributed by atoms with van der Waals surface area (Å²) in [7, 11) is 3.17. The molecule has 1 unspecified atom stereocenters. The molecule has 19 heavy (non-hydrogen) atoms. The maximum Gasteiger partial charge on any atom is 0.328 e. The molecule has 0 saturated heterocycles. The van der Waals surface area contributed by atoms with E-state index in [9.17, 15) is 4.79 Å². The number of methoxy groups -OCH3 is 2. The molecule has 0 spiro atoms. The molecule has 1 rings (SSSR count). The highest BCUT2D eigenvalue weighted by molar-refractivity contribution is 5.80. The zero-order valence-electron chi connectivity index (χ0n) is 11.9. The summed E-state index contributed by atoms with van der Waals surface area (Å²) in [5, 5.41) is 3.13. The van der Waals surface area contributed by atoms with Crippen LogP contribution in [0.3, 0.4) is 0 Å². The van der Waals surface area contributed by atoms with Crippen LogP contribution in [0.5, 0.6) is 11.5 Å². The molecule has 106 valence electrons. The monoisotopic (exact) mass is 267 g/mol. The van der Waals surface area contributed by atoms with E-state index in [1.165, 1.54) is 0 Å². The molecule has 0 amide bonds. The summed E-state index contributed by atoms with van der Waals surface area (Å²) < 4.78 is 15.4. The number of ether oxygens (including phenoxy) is 3. The molecule has 5 nitrogen and oxygen atoms in total. The third kappa shape index (κ3) is 4.05. The van der Waals surface area contributed by atoms with Gasteiger partial charge in [0.25, 0.3) is 0 Å². The van der Waals surface area contributed by atoms with Crippen LogP contribution in [0.2, 0.25) is 0 Å². The molecule has 5 heteroatoms. The molecule has 0 aromatic heterocycles. The van der Waals surface area contributed by atoms with Crippen LogP contribution in [-0.2, 0) is 9.53 Å². The van der Waals surface area contributed by atoms with Gasteiger partial charge in [-0.15, -0.1) is 0 Å². The number of hydrogen-bond acceptors (Lipinski definition) is 5. The van der Waals surface area contributed by atoms with Crippen molar-refractivity contribution >= 4 is 11.7 Å². The van der Waals surface area contributed by atoms with Crippen LogP contribution >= 0.6 is 0 Å². The molecule has 0 radical (unpaired) electrons. The number of carbonyl (C=O) groups is 1. The van der Waals surface area contributed by atoms with Crippen molar-refractivity contribution < 1.29 is 19.0 Å². The maximum absolute atomic E-state index is 11.8. The number of esters is 1. The molecule has 0 bridgehead atoms. The summed E-state index contributed by atoms with van der Waals surface area (Å²) in [6.07, 6.45) is 0.633. The second-order valence-corrected chi connectivity index (χ2v) is 3.92. The average Bonchev–Trinajstić information content (AvgIpc) is 2.44. The third-order valence-corrected chi connectivity index (χ3v) is 2.72. The van der Waals surface area contributed by atoms with E-state index in [0.29, 0.717) is 24.5 Å². The van der Waals surface area contributed by atoms with Gasteiger partial charge in [-0.05, 0) is 25.5 Å². The summed E-state index contributed by atoms with van der Waals surface area (Å²) in [5.74, 6) is 1.07. The molecule has 1 atom stereocenters. The average molecular weight is 267 g/mol. The predicted octanol–water partition coefficient (Wildman–Crippen LogP) is 2.46. The molecule has 1 aromatic carbocycles. The van der Waals surface area contributed by atoms with Gasteiger partial charge in [0.2, 0.25) is 0 Å². The summed E-state index contributed by atoms with van der Waals surface area (Å²) >= 11 is 0. The first-order valence-corrected chi connectivity index (χ1v) is 6.31. The van der Waals surface area contributed by atoms with Crippen molar-refractivity contribution in [2.45, 2.75) is 26.3 Å². The van der Waals surface area contributed by atoms with Crippen molar-refractivity contribution in [3.63, 3.8) is 0 Å². The Morgan fingerprint density at radius 2 is 2.00 bits per heavy atom. The highest BCUT2D eigenvalue weighted by atomic mass is 16.5. The minimum Gasteiger partial charge on any atom is -0.497 e. The number of rotatable bonds is 7. The van der Waals surface area contributed by atoms with E-state index in [2.05, 4.69) is 5.32 Å². The fourth-order valence-electron chi connectivity index (χ4n) is 1.68. The Morgan fingerprint density at radius 3 is 2.53 bits per heavy atom. The predicted molar refractivity (Wildman–Crippen MR) is 73.9 cm³/mol. The Morgan fingerprint density at radius 1 is 1.26 bits per heavy atom. The Kier molecular flexibility index (Phi) is 5.99. The zero-order chi connectivity index (χ0) is 14.3. The lowest BCUT2D eigenvalue weighted by atomic mass is 10.2. The minimum absolute atomic E-state index is 0.261. The van der Waals surface area contributed by atoms with E-state index in [4.69, 9.17) is 14.2 Å². The van der Waals surface area contributed by atoms with Crippen LogP contribution in [0.1, 0.15) is 20.3 Å². The van der Waals surface area contributed by atoms with Crippen molar-refractivity contribution in [3.8, 4) is 11.5 Å². The maximum atomic E-state index is 11.8. The lowest BCUT2D eigenvalue weighted by molar-refractivity contribution is -0.144. The van der Waals surface area contributed by atoms with Gasteiger partial charge in [-0.3, -0.25) is 0 Å². The van der Waals surface area contributed by atoms with Crippen LogP contribution in [0.4, 0.5) is 5.69 Å². The summed E-state index contributed by atoms with van der Waals surface area (Å²) in [6.45, 7) is 4.08. The van der Waals surface area contributed by atoms with E-state index < -0.39 is 0 Å². The lowest BCUT2D eigenvalue weighted by Crippen LogP contribution is -2.30. The van der Waals surface area contributed by atoms with Gasteiger partial charge in [0.05, 0.1) is 26.5 Å². The second kappa shape index (κ2) is 7.51. The molecule has 0 aliphatic rings. The van der Waals surface area contributed by atoms with Crippen molar-refractivity contribution in [2.24, 2.45) is 0 Å². The smallest absolute Gasteiger partial charge is 0.328 e. The van der Waals surface area contributed by atoms with Crippen molar-refractivity contribution in [1.82, 2.24) is 0 Å². The molecule has 1 N–H and O–H groups in total. The molecule has 0 heterocycles. The topological polar surface area (TPSA) is 56.8 Å². The summed E-state index contributed by atoms with van der Waals surface area (Å²) in [5.41, 5.74) is 0.739. The quantitative estimate of drug-likeness (QED) is 0.769. The first-order chi connectivity index (χ1) is 9.15. The number of nitrogens with one attached hydrogen (secondary N) is 1. The van der Waals surface area contributed by atoms with Gasteiger partial charge in [-0.25, -0.2) is 4.79 Å². The van der Waals surface area contributed by atoms with E-state index >= 15 is 0 Å². The van der Waals surface area contributed by atoms with Crippen LogP contribution in [0, 0.1) is 0 Å². The number of hydrogen-bond donors (Lipinski definition) is 1. The fraction of sp³-hybridized carbons (Fsp3) is 0.500. The molecule has 1 aromatic rings. The SMILES string of the molecule is CCOC(=O)C(CC)Nc1ccc(OC)cc1OC. The standard InChI is InChI=1S/C14H21NO4/c1-5-11(14(16)19-6-2)15-12-8-7-10(17-3)9-13(12)18-4/h7-9,11,15H,5-6H2,1-4H3. The van der Waals surface area contributed by atoms with Gasteiger partial charge < -0.3 is 19.5 Å². The van der Waals surface area contributed by atoms with Gasteiger partial charge in [0, 0.05) is 6.07 Å². The van der Waals surface area contributed by atoms with E-state index in [1.807, 2.05) is 19.1 Å². The normalized spacial score (nSPS) is 11.6. The first-order valence-electron chi connectivity index (χ1n) is 6.31. The van der Waals surface area contributed by atoms with Crippen molar-refractivity contribution in [2.75, 3.05) is 26.1 Å². The van der Waals surface area contributed by atoms with Gasteiger partial charge >= 0.3 is 5.97 Å².